The zero-order chi connectivity index (χ0) is 20.0. The van der Waals surface area contributed by atoms with E-state index in [0.717, 1.165) is 17.0 Å². The second kappa shape index (κ2) is 6.48. The van der Waals surface area contributed by atoms with E-state index in [4.69, 9.17) is 4.74 Å². The van der Waals surface area contributed by atoms with Crippen molar-refractivity contribution in [1.29, 1.82) is 0 Å². The number of rotatable bonds is 2. The van der Waals surface area contributed by atoms with E-state index in [1.807, 2.05) is 6.21 Å². The third-order valence-corrected chi connectivity index (χ3v) is 4.81. The van der Waals surface area contributed by atoms with E-state index in [1.54, 1.807) is 12.1 Å². The van der Waals surface area contributed by atoms with Gasteiger partial charge in [-0.2, -0.15) is 4.58 Å². The molecule has 1 aliphatic rings. The number of nitrogens with zero attached hydrogens (tertiary/aromatic N) is 2. The molecule has 0 fully saturated rings. The van der Waals surface area contributed by atoms with Crippen LogP contribution in [0.1, 0.15) is 58.2 Å². The summed E-state index contributed by atoms with van der Waals surface area (Å²) in [5.41, 5.74) is 4.49. The smallest absolute Gasteiger partial charge is 0.293 e. The first-order valence-electron chi connectivity index (χ1n) is 9.14. The molecule has 0 radical (unpaired) electrons. The Labute approximate surface area is 160 Å². The Morgan fingerprint density at radius 3 is 2.19 bits per heavy atom. The van der Waals surface area contributed by atoms with E-state index < -0.39 is 0 Å². The predicted molar refractivity (Wildman–Crippen MR) is 108 cm³/mol. The van der Waals surface area contributed by atoms with Gasteiger partial charge in [-0.15, -0.1) is 0 Å². The summed E-state index contributed by atoms with van der Waals surface area (Å²) in [4.78, 5) is 10.5. The summed E-state index contributed by atoms with van der Waals surface area (Å²) in [7, 11) is 0. The van der Waals surface area contributed by atoms with Crippen LogP contribution in [0.4, 0.5) is 11.4 Å². The van der Waals surface area contributed by atoms with Crippen molar-refractivity contribution in [2.75, 3.05) is 6.73 Å². The lowest BCUT2D eigenvalue weighted by molar-refractivity contribution is -0.452. The molecule has 0 unspecified atom stereocenters. The van der Waals surface area contributed by atoms with Crippen LogP contribution in [-0.2, 0) is 10.8 Å². The highest BCUT2D eigenvalue weighted by molar-refractivity contribution is 5.78. The summed E-state index contributed by atoms with van der Waals surface area (Å²) < 4.78 is 8.13. The van der Waals surface area contributed by atoms with Gasteiger partial charge < -0.3 is 4.74 Å². The van der Waals surface area contributed by atoms with Gasteiger partial charge in [-0.05, 0) is 28.5 Å². The molecule has 0 atom stereocenters. The molecule has 0 bridgehead atoms. The highest BCUT2D eigenvalue weighted by Gasteiger charge is 2.34. The minimum atomic E-state index is -0.386. The summed E-state index contributed by atoms with van der Waals surface area (Å²) in [5.74, 6) is 0.925. The molecule has 0 aromatic heterocycles. The molecular formula is C22H27N2O3+. The van der Waals surface area contributed by atoms with Crippen LogP contribution in [0.25, 0.3) is 0 Å². The number of nitro groups is 1. The highest BCUT2D eigenvalue weighted by atomic mass is 16.6. The Hall–Kier alpha value is -2.69. The number of hydrogen-bond acceptors (Lipinski definition) is 3. The van der Waals surface area contributed by atoms with Gasteiger partial charge in [0.2, 0.25) is 5.75 Å². The average molecular weight is 367 g/mol. The van der Waals surface area contributed by atoms with Crippen LogP contribution in [0.5, 0.6) is 5.75 Å². The minimum Gasteiger partial charge on any atom is -0.429 e. The van der Waals surface area contributed by atoms with Crippen LogP contribution < -0.4 is 4.74 Å². The van der Waals surface area contributed by atoms with E-state index >= 15 is 0 Å². The molecule has 5 nitrogen and oxygen atoms in total. The third-order valence-electron chi connectivity index (χ3n) is 4.81. The van der Waals surface area contributed by atoms with Crippen molar-refractivity contribution >= 4 is 17.6 Å². The maximum Gasteiger partial charge on any atom is 0.293 e. The molecule has 142 valence electrons. The summed E-state index contributed by atoms with van der Waals surface area (Å²) in [6.07, 6.45) is 1.98. The second-order valence-corrected chi connectivity index (χ2v) is 9.09. The molecule has 0 N–H and O–H groups in total. The maximum atomic E-state index is 10.8. The Kier molecular flexibility index (Phi) is 4.58. The number of hydrogen-bond donors (Lipinski definition) is 0. The number of non-ortho nitro benzene ring substituents is 1. The largest absolute Gasteiger partial charge is 0.429 e. The van der Waals surface area contributed by atoms with Gasteiger partial charge in [0.25, 0.3) is 18.1 Å². The van der Waals surface area contributed by atoms with E-state index in [2.05, 4.69) is 58.3 Å². The zero-order valence-corrected chi connectivity index (χ0v) is 16.9. The minimum absolute atomic E-state index is 0.0245. The van der Waals surface area contributed by atoms with E-state index in [9.17, 15) is 10.1 Å². The van der Waals surface area contributed by atoms with Gasteiger partial charge in [-0.25, -0.2) is 0 Å². The molecule has 1 heterocycles. The fourth-order valence-electron chi connectivity index (χ4n) is 3.14. The number of fused-ring (bicyclic) bond motifs is 1. The summed E-state index contributed by atoms with van der Waals surface area (Å²) in [6.45, 7) is 13.6. The average Bonchev–Trinajstić information content (AvgIpc) is 2.95. The van der Waals surface area contributed by atoms with Gasteiger partial charge in [-0.1, -0.05) is 47.6 Å². The molecule has 5 heteroatoms. The Balaban J connectivity index is 2.11. The molecule has 0 saturated heterocycles. The summed E-state index contributed by atoms with van der Waals surface area (Å²) >= 11 is 0. The monoisotopic (exact) mass is 367 g/mol. The number of ether oxygens (including phenoxy) is 1. The fourth-order valence-corrected chi connectivity index (χ4v) is 3.14. The van der Waals surface area contributed by atoms with E-state index in [1.165, 1.54) is 23.3 Å². The van der Waals surface area contributed by atoms with Crippen LogP contribution in [0.15, 0.2) is 36.4 Å². The van der Waals surface area contributed by atoms with Crippen LogP contribution in [0.3, 0.4) is 0 Å². The predicted octanol–water partition coefficient (Wildman–Crippen LogP) is 5.30. The van der Waals surface area contributed by atoms with Crippen molar-refractivity contribution in [2.45, 2.75) is 52.4 Å². The van der Waals surface area contributed by atoms with Crippen molar-refractivity contribution in [2.24, 2.45) is 0 Å². The summed E-state index contributed by atoms with van der Waals surface area (Å²) in [6, 6.07) is 11.0. The van der Waals surface area contributed by atoms with Gasteiger partial charge >= 0.3 is 0 Å². The topological polar surface area (TPSA) is 55.4 Å². The van der Waals surface area contributed by atoms with Gasteiger partial charge in [0.1, 0.15) is 0 Å². The highest BCUT2D eigenvalue weighted by Crippen LogP contribution is 2.44. The molecule has 0 aliphatic carbocycles. The SMILES string of the molecule is CC(C)(C)c1cc2c(c(C(C)(C)C)c1)OC/[N+]2=C/c1ccc([N+](=O)[O-])cc1. The molecule has 0 spiro atoms. The van der Waals surface area contributed by atoms with Gasteiger partial charge in [-0.3, -0.25) is 10.1 Å². The van der Waals surface area contributed by atoms with Crippen molar-refractivity contribution in [3.63, 3.8) is 0 Å². The standard InChI is InChI=1S/C22H27N2O3/c1-21(2,3)16-11-18(22(4,5)6)20-19(12-16)23(14-27-20)13-15-7-9-17(10-8-15)24(25)26/h7-13H,14H2,1-6H3/q+1/b23-13-. The lowest BCUT2D eigenvalue weighted by Crippen LogP contribution is -2.17. The zero-order valence-electron chi connectivity index (χ0n) is 16.9. The quantitative estimate of drug-likeness (QED) is 0.411. The first-order chi connectivity index (χ1) is 12.5. The molecule has 27 heavy (non-hydrogen) atoms. The Morgan fingerprint density at radius 2 is 1.67 bits per heavy atom. The van der Waals surface area contributed by atoms with Crippen molar-refractivity contribution < 1.29 is 14.2 Å². The van der Waals surface area contributed by atoms with Gasteiger partial charge in [0, 0.05) is 29.3 Å². The first-order valence-corrected chi connectivity index (χ1v) is 9.14. The molecule has 2 aromatic rings. The maximum absolute atomic E-state index is 10.8. The van der Waals surface area contributed by atoms with Gasteiger partial charge in [0.15, 0.2) is 6.21 Å². The lowest BCUT2D eigenvalue weighted by atomic mass is 9.80. The van der Waals surface area contributed by atoms with Crippen molar-refractivity contribution in [1.82, 2.24) is 0 Å². The Morgan fingerprint density at radius 1 is 1.04 bits per heavy atom. The van der Waals surface area contributed by atoms with Crippen LogP contribution >= 0.6 is 0 Å². The van der Waals surface area contributed by atoms with Crippen LogP contribution in [0, 0.1) is 10.1 Å². The van der Waals surface area contributed by atoms with E-state index in [-0.39, 0.29) is 21.4 Å². The fraction of sp³-hybridized carbons (Fsp3) is 0.409. The lowest BCUT2D eigenvalue weighted by Gasteiger charge is -2.25. The second-order valence-electron chi connectivity index (χ2n) is 9.09. The molecular weight excluding hydrogens is 340 g/mol. The molecule has 2 aromatic carbocycles. The third kappa shape index (κ3) is 3.87. The molecule has 3 rings (SSSR count). The van der Waals surface area contributed by atoms with E-state index in [0.29, 0.717) is 6.73 Å². The first kappa shape index (κ1) is 19.1. The molecule has 0 saturated carbocycles. The van der Waals surface area contributed by atoms with Crippen molar-refractivity contribution in [3.8, 4) is 5.75 Å². The summed E-state index contributed by atoms with van der Waals surface area (Å²) in [5, 5.41) is 10.8. The van der Waals surface area contributed by atoms with Gasteiger partial charge in [0.05, 0.1) is 4.92 Å². The molecule has 0 amide bonds. The number of benzene rings is 2. The van der Waals surface area contributed by atoms with Crippen LogP contribution in [-0.4, -0.2) is 22.4 Å². The molecule has 1 aliphatic heterocycles. The normalized spacial score (nSPS) is 15.6. The Bertz CT molecular complexity index is 914. The number of nitro benzene ring substituents is 1. The van der Waals surface area contributed by atoms with Crippen LogP contribution in [0.2, 0.25) is 0 Å². The van der Waals surface area contributed by atoms with Crippen molar-refractivity contribution in [3.05, 3.63) is 63.2 Å².